The van der Waals surface area contributed by atoms with E-state index in [2.05, 4.69) is 43.1 Å². The molecule has 1 N–H and O–H groups in total. The summed E-state index contributed by atoms with van der Waals surface area (Å²) in [5.41, 5.74) is 2.75. The fraction of sp³-hybridized carbons (Fsp3) is 0.478. The number of piperidine rings is 1. The van der Waals surface area contributed by atoms with Gasteiger partial charge in [-0.25, -0.2) is 4.79 Å². The predicted molar refractivity (Wildman–Crippen MR) is 114 cm³/mol. The Balaban J connectivity index is 1.50. The smallest absolute Gasteiger partial charge is 0.354 e. The second-order valence-electron chi connectivity index (χ2n) is 8.68. The van der Waals surface area contributed by atoms with E-state index in [1.807, 2.05) is 29.0 Å². The molecule has 1 fully saturated rings. The fourth-order valence-electron chi connectivity index (χ4n) is 3.80. The Bertz CT molecular complexity index is 841. The Labute approximate surface area is 172 Å². The number of carbonyl (C=O) groups excluding carboxylic acids is 2. The molecule has 29 heavy (non-hydrogen) atoms. The summed E-state index contributed by atoms with van der Waals surface area (Å²) in [5, 5.41) is 2.99. The monoisotopic (exact) mass is 397 g/mol. The topological polar surface area (TPSA) is 63.6 Å². The van der Waals surface area contributed by atoms with Crippen molar-refractivity contribution in [2.24, 2.45) is 0 Å². The number of benzene rings is 1. The summed E-state index contributed by atoms with van der Waals surface area (Å²) >= 11 is 0. The molecule has 6 nitrogen and oxygen atoms in total. The van der Waals surface area contributed by atoms with Crippen LogP contribution in [0.2, 0.25) is 0 Å². The van der Waals surface area contributed by atoms with Crippen LogP contribution in [-0.4, -0.2) is 48.1 Å². The van der Waals surface area contributed by atoms with Crippen LogP contribution in [0.15, 0.2) is 42.6 Å². The van der Waals surface area contributed by atoms with Crippen LogP contribution < -0.4 is 5.32 Å². The van der Waals surface area contributed by atoms with Gasteiger partial charge in [0.25, 0.3) is 0 Å². The van der Waals surface area contributed by atoms with Crippen molar-refractivity contribution in [2.45, 2.75) is 45.1 Å². The lowest BCUT2D eigenvalue weighted by Crippen LogP contribution is -2.40. The molecule has 0 bridgehead atoms. The maximum absolute atomic E-state index is 12.4. The van der Waals surface area contributed by atoms with Gasteiger partial charge in [-0.1, -0.05) is 32.9 Å². The number of esters is 1. The van der Waals surface area contributed by atoms with Gasteiger partial charge >= 0.3 is 5.97 Å². The van der Waals surface area contributed by atoms with Crippen LogP contribution in [0.5, 0.6) is 0 Å². The quantitative estimate of drug-likeness (QED) is 0.779. The second kappa shape index (κ2) is 8.82. The van der Waals surface area contributed by atoms with Crippen molar-refractivity contribution in [2.75, 3.05) is 32.1 Å². The molecule has 0 unspecified atom stereocenters. The summed E-state index contributed by atoms with van der Waals surface area (Å²) in [7, 11) is 1.40. The van der Waals surface area contributed by atoms with Gasteiger partial charge in [0.2, 0.25) is 5.91 Å². The molecule has 2 heterocycles. The summed E-state index contributed by atoms with van der Waals surface area (Å²) in [6, 6.07) is 12.0. The standard InChI is InChI=1S/C23H31N3O3/c1-23(2,3)17-7-9-18(10-8-17)24-21(27)16-25-14-11-19(12-15-25)26-13-5-6-20(26)22(28)29-4/h5-10,13,19H,11-12,14-16H2,1-4H3,(H,24,27). The predicted octanol–water partition coefficient (Wildman–Crippen LogP) is 3.85. The molecule has 0 radical (unpaired) electrons. The number of anilines is 1. The molecule has 156 valence electrons. The molecule has 0 spiro atoms. The zero-order valence-corrected chi connectivity index (χ0v) is 17.8. The number of hydrogen-bond acceptors (Lipinski definition) is 4. The highest BCUT2D eigenvalue weighted by molar-refractivity contribution is 5.92. The number of ether oxygens (including phenoxy) is 1. The van der Waals surface area contributed by atoms with Crippen LogP contribution in [0.4, 0.5) is 5.69 Å². The summed E-state index contributed by atoms with van der Waals surface area (Å²) in [6.45, 7) is 8.53. The minimum Gasteiger partial charge on any atom is -0.464 e. The molecular formula is C23H31N3O3. The molecule has 1 aliphatic heterocycles. The minimum absolute atomic E-state index is 0.00294. The summed E-state index contributed by atoms with van der Waals surface area (Å²) in [5.74, 6) is -0.308. The van der Waals surface area contributed by atoms with Crippen molar-refractivity contribution in [3.05, 3.63) is 53.9 Å². The third-order valence-corrected chi connectivity index (χ3v) is 5.53. The van der Waals surface area contributed by atoms with E-state index in [0.29, 0.717) is 12.2 Å². The van der Waals surface area contributed by atoms with Gasteiger partial charge in [-0.05, 0) is 48.1 Å². The van der Waals surface area contributed by atoms with E-state index < -0.39 is 0 Å². The number of aromatic nitrogens is 1. The molecular weight excluding hydrogens is 366 g/mol. The van der Waals surface area contributed by atoms with Gasteiger partial charge in [0.05, 0.1) is 13.7 Å². The molecule has 0 aliphatic carbocycles. The molecule has 0 saturated carbocycles. The number of methoxy groups -OCH3 is 1. The lowest BCUT2D eigenvalue weighted by atomic mass is 9.87. The summed E-state index contributed by atoms with van der Waals surface area (Å²) < 4.78 is 6.86. The summed E-state index contributed by atoms with van der Waals surface area (Å²) in [4.78, 5) is 26.5. The molecule has 6 heteroatoms. The first-order valence-corrected chi connectivity index (χ1v) is 10.2. The van der Waals surface area contributed by atoms with Crippen molar-refractivity contribution in [3.8, 4) is 0 Å². The van der Waals surface area contributed by atoms with E-state index in [1.54, 1.807) is 6.07 Å². The average Bonchev–Trinajstić information content (AvgIpc) is 3.17. The maximum atomic E-state index is 12.4. The van der Waals surface area contributed by atoms with Crippen molar-refractivity contribution in [1.29, 1.82) is 0 Å². The lowest BCUT2D eigenvalue weighted by molar-refractivity contribution is -0.117. The Morgan fingerprint density at radius 2 is 1.76 bits per heavy atom. The minimum atomic E-state index is -0.311. The van der Waals surface area contributed by atoms with E-state index in [0.717, 1.165) is 31.6 Å². The highest BCUT2D eigenvalue weighted by Crippen LogP contribution is 2.25. The van der Waals surface area contributed by atoms with Crippen molar-refractivity contribution in [3.63, 3.8) is 0 Å². The van der Waals surface area contributed by atoms with Gasteiger partial charge in [0, 0.05) is 31.0 Å². The van der Waals surface area contributed by atoms with Crippen molar-refractivity contribution < 1.29 is 14.3 Å². The summed E-state index contributed by atoms with van der Waals surface area (Å²) in [6.07, 6.45) is 3.72. The first-order chi connectivity index (χ1) is 13.8. The van der Waals surface area contributed by atoms with E-state index >= 15 is 0 Å². The van der Waals surface area contributed by atoms with Crippen LogP contribution in [0.25, 0.3) is 0 Å². The third kappa shape index (κ3) is 5.26. The largest absolute Gasteiger partial charge is 0.464 e. The third-order valence-electron chi connectivity index (χ3n) is 5.53. The van der Waals surface area contributed by atoms with E-state index in [9.17, 15) is 9.59 Å². The van der Waals surface area contributed by atoms with Crippen LogP contribution in [-0.2, 0) is 14.9 Å². The Kier molecular flexibility index (Phi) is 6.42. The molecule has 3 rings (SSSR count). The SMILES string of the molecule is COC(=O)c1cccn1C1CCN(CC(=O)Nc2ccc(C(C)(C)C)cc2)CC1. The molecule has 2 aromatic rings. The Morgan fingerprint density at radius 1 is 1.10 bits per heavy atom. The van der Waals surface area contributed by atoms with Crippen LogP contribution in [0.1, 0.15) is 55.7 Å². The first kappa shape index (κ1) is 21.1. The number of nitrogens with one attached hydrogen (secondary N) is 1. The van der Waals surface area contributed by atoms with E-state index in [4.69, 9.17) is 4.74 Å². The fourth-order valence-corrected chi connectivity index (χ4v) is 3.80. The van der Waals surface area contributed by atoms with Gasteiger partial charge < -0.3 is 14.6 Å². The van der Waals surface area contributed by atoms with E-state index in [-0.39, 0.29) is 23.3 Å². The van der Waals surface area contributed by atoms with Crippen LogP contribution in [0.3, 0.4) is 0 Å². The normalized spacial score (nSPS) is 15.9. The number of carbonyl (C=O) groups is 2. The first-order valence-electron chi connectivity index (χ1n) is 10.2. The van der Waals surface area contributed by atoms with Crippen LogP contribution in [0, 0.1) is 0 Å². The Hall–Kier alpha value is -2.60. The number of hydrogen-bond donors (Lipinski definition) is 1. The highest BCUT2D eigenvalue weighted by Gasteiger charge is 2.24. The molecule has 1 aromatic heterocycles. The second-order valence-corrected chi connectivity index (χ2v) is 8.68. The van der Waals surface area contributed by atoms with Gasteiger partial charge in [-0.3, -0.25) is 9.69 Å². The number of likely N-dealkylation sites (tertiary alicyclic amines) is 1. The molecule has 1 amide bonds. The van der Waals surface area contributed by atoms with Crippen LogP contribution >= 0.6 is 0 Å². The number of amides is 1. The van der Waals surface area contributed by atoms with Gasteiger partial charge in [-0.2, -0.15) is 0 Å². The lowest BCUT2D eigenvalue weighted by Gasteiger charge is -2.32. The maximum Gasteiger partial charge on any atom is 0.354 e. The zero-order chi connectivity index (χ0) is 21.0. The molecule has 1 aromatic carbocycles. The van der Waals surface area contributed by atoms with Gasteiger partial charge in [-0.15, -0.1) is 0 Å². The van der Waals surface area contributed by atoms with E-state index in [1.165, 1.54) is 12.7 Å². The molecule has 1 aliphatic rings. The van der Waals surface area contributed by atoms with Crippen molar-refractivity contribution >= 4 is 17.6 Å². The zero-order valence-electron chi connectivity index (χ0n) is 17.8. The molecule has 1 saturated heterocycles. The average molecular weight is 398 g/mol. The number of nitrogens with zero attached hydrogens (tertiary/aromatic N) is 2. The Morgan fingerprint density at radius 3 is 2.34 bits per heavy atom. The van der Waals surface area contributed by atoms with Crippen molar-refractivity contribution in [1.82, 2.24) is 9.47 Å². The highest BCUT2D eigenvalue weighted by atomic mass is 16.5. The van der Waals surface area contributed by atoms with Gasteiger partial charge in [0.1, 0.15) is 5.69 Å². The number of rotatable bonds is 5. The molecule has 0 atom stereocenters. The van der Waals surface area contributed by atoms with Gasteiger partial charge in [0.15, 0.2) is 0 Å².